The van der Waals surface area contributed by atoms with Crippen molar-refractivity contribution >= 4 is 17.8 Å². The Bertz CT molecular complexity index is 877. The fourth-order valence-corrected chi connectivity index (χ4v) is 2.35. The normalized spacial score (nSPS) is 10.7. The van der Waals surface area contributed by atoms with E-state index in [4.69, 9.17) is 4.74 Å². The Morgan fingerprint density at radius 1 is 1.35 bits per heavy atom. The second-order valence-corrected chi connectivity index (χ2v) is 5.74. The number of hydrazone groups is 1. The zero-order valence-corrected chi connectivity index (χ0v) is 14.6. The first-order valence-corrected chi connectivity index (χ1v) is 7.75. The summed E-state index contributed by atoms with van der Waals surface area (Å²) in [5.74, 6) is -0.701. The van der Waals surface area contributed by atoms with Crippen LogP contribution in [0.15, 0.2) is 35.4 Å². The van der Waals surface area contributed by atoms with Crippen molar-refractivity contribution in [2.45, 2.75) is 20.3 Å². The standard InChI is InChI=1S/C18H19N3O5/c1-11-4-5-12(2)13(6-11)8-17(22)20-19-10-14-7-15(26-3)9-16(18(14)23)21(24)25/h4-7,9-10,23H,8H2,1-3H3,(H,20,22)/b19-10+. The number of rotatable bonds is 6. The molecule has 0 aromatic heterocycles. The Labute approximate surface area is 150 Å². The molecule has 0 fully saturated rings. The van der Waals surface area contributed by atoms with Gasteiger partial charge in [-0.05, 0) is 31.0 Å². The van der Waals surface area contributed by atoms with Crippen molar-refractivity contribution in [2.75, 3.05) is 7.11 Å². The number of nitrogens with one attached hydrogen (secondary N) is 1. The van der Waals surface area contributed by atoms with E-state index in [1.807, 2.05) is 32.0 Å². The second-order valence-electron chi connectivity index (χ2n) is 5.74. The van der Waals surface area contributed by atoms with Crippen LogP contribution in [0.25, 0.3) is 0 Å². The van der Waals surface area contributed by atoms with Crippen molar-refractivity contribution in [3.63, 3.8) is 0 Å². The molecule has 0 radical (unpaired) electrons. The van der Waals surface area contributed by atoms with E-state index in [2.05, 4.69) is 10.5 Å². The molecule has 0 heterocycles. The van der Waals surface area contributed by atoms with Gasteiger partial charge in [-0.1, -0.05) is 23.8 Å². The second kappa shape index (κ2) is 8.11. The molecule has 0 spiro atoms. The number of amides is 1. The number of nitro groups is 1. The van der Waals surface area contributed by atoms with E-state index < -0.39 is 16.4 Å². The lowest BCUT2D eigenvalue weighted by molar-refractivity contribution is -0.385. The summed E-state index contributed by atoms with van der Waals surface area (Å²) in [6.45, 7) is 3.86. The number of carbonyl (C=O) groups is 1. The summed E-state index contributed by atoms with van der Waals surface area (Å²) in [5, 5.41) is 24.7. The first-order valence-electron chi connectivity index (χ1n) is 7.75. The minimum atomic E-state index is -0.728. The predicted octanol–water partition coefficient (Wildman–Crippen LogP) is 2.62. The number of nitro benzene ring substituents is 1. The Kier molecular flexibility index (Phi) is 5.90. The zero-order chi connectivity index (χ0) is 19.3. The maximum absolute atomic E-state index is 12.0. The van der Waals surface area contributed by atoms with Crippen LogP contribution < -0.4 is 10.2 Å². The summed E-state index contributed by atoms with van der Waals surface area (Å²) in [6, 6.07) is 8.31. The average Bonchev–Trinajstić information content (AvgIpc) is 2.59. The van der Waals surface area contributed by atoms with Crippen LogP contribution >= 0.6 is 0 Å². The summed E-state index contributed by atoms with van der Waals surface area (Å²) in [4.78, 5) is 22.3. The fraction of sp³-hybridized carbons (Fsp3) is 0.222. The quantitative estimate of drug-likeness (QED) is 0.468. The maximum atomic E-state index is 12.0. The average molecular weight is 357 g/mol. The predicted molar refractivity (Wildman–Crippen MR) is 96.7 cm³/mol. The molecule has 0 aliphatic rings. The summed E-state index contributed by atoms with van der Waals surface area (Å²) < 4.78 is 4.97. The summed E-state index contributed by atoms with van der Waals surface area (Å²) in [5.41, 5.74) is 4.83. The molecule has 0 bridgehead atoms. The summed E-state index contributed by atoms with van der Waals surface area (Å²) in [6.07, 6.45) is 1.28. The van der Waals surface area contributed by atoms with Crippen molar-refractivity contribution in [3.05, 3.63) is 62.7 Å². The van der Waals surface area contributed by atoms with E-state index >= 15 is 0 Å². The third-order valence-electron chi connectivity index (χ3n) is 3.77. The van der Waals surface area contributed by atoms with E-state index in [-0.39, 0.29) is 23.6 Å². The number of aryl methyl sites for hydroxylation is 2. The van der Waals surface area contributed by atoms with Crippen molar-refractivity contribution in [1.82, 2.24) is 5.43 Å². The van der Waals surface area contributed by atoms with Crippen LogP contribution in [0.1, 0.15) is 22.3 Å². The van der Waals surface area contributed by atoms with E-state index in [9.17, 15) is 20.0 Å². The van der Waals surface area contributed by atoms with Gasteiger partial charge in [-0.25, -0.2) is 5.43 Å². The van der Waals surface area contributed by atoms with E-state index in [1.165, 1.54) is 13.2 Å². The van der Waals surface area contributed by atoms with Gasteiger partial charge in [-0.3, -0.25) is 14.9 Å². The fourth-order valence-electron chi connectivity index (χ4n) is 2.35. The Hall–Kier alpha value is -3.42. The highest BCUT2D eigenvalue weighted by Crippen LogP contribution is 2.33. The van der Waals surface area contributed by atoms with Gasteiger partial charge < -0.3 is 9.84 Å². The number of aromatic hydroxyl groups is 1. The number of carbonyl (C=O) groups excluding carboxylic acids is 1. The molecule has 0 unspecified atom stereocenters. The van der Waals surface area contributed by atoms with Gasteiger partial charge in [0.1, 0.15) is 5.75 Å². The van der Waals surface area contributed by atoms with Crippen LogP contribution in [-0.2, 0) is 11.2 Å². The zero-order valence-electron chi connectivity index (χ0n) is 14.6. The molecule has 0 saturated heterocycles. The first kappa shape index (κ1) is 18.9. The molecule has 8 nitrogen and oxygen atoms in total. The number of phenols is 1. The molecule has 0 aliphatic heterocycles. The van der Waals surface area contributed by atoms with Gasteiger partial charge in [-0.15, -0.1) is 0 Å². The first-order chi connectivity index (χ1) is 12.3. The van der Waals surface area contributed by atoms with Crippen molar-refractivity contribution in [1.29, 1.82) is 0 Å². The molecule has 8 heteroatoms. The summed E-state index contributed by atoms with van der Waals surface area (Å²) in [7, 11) is 1.35. The highest BCUT2D eigenvalue weighted by Gasteiger charge is 2.18. The number of hydrogen-bond acceptors (Lipinski definition) is 6. The molecule has 2 rings (SSSR count). The van der Waals surface area contributed by atoms with Crippen molar-refractivity contribution in [3.8, 4) is 11.5 Å². The summed E-state index contributed by atoms with van der Waals surface area (Å²) >= 11 is 0. The van der Waals surface area contributed by atoms with Crippen molar-refractivity contribution < 1.29 is 19.6 Å². The number of phenolic OH excluding ortho intramolecular Hbond substituents is 1. The number of benzene rings is 2. The van der Waals surface area contributed by atoms with Gasteiger partial charge in [0.25, 0.3) is 0 Å². The number of ether oxygens (including phenoxy) is 1. The van der Waals surface area contributed by atoms with Crippen LogP contribution in [0.5, 0.6) is 11.5 Å². The van der Waals surface area contributed by atoms with Gasteiger partial charge >= 0.3 is 5.69 Å². The smallest absolute Gasteiger partial charge is 0.315 e. The lowest BCUT2D eigenvalue weighted by Gasteiger charge is -2.06. The van der Waals surface area contributed by atoms with Crippen molar-refractivity contribution in [2.24, 2.45) is 5.10 Å². The molecule has 136 valence electrons. The lowest BCUT2D eigenvalue weighted by Crippen LogP contribution is -2.20. The topological polar surface area (TPSA) is 114 Å². The highest BCUT2D eigenvalue weighted by molar-refractivity contribution is 5.88. The van der Waals surface area contributed by atoms with E-state index in [1.54, 1.807) is 0 Å². The van der Waals surface area contributed by atoms with Gasteiger partial charge in [0.2, 0.25) is 11.7 Å². The number of hydrogen-bond donors (Lipinski definition) is 2. The molecule has 0 atom stereocenters. The van der Waals surface area contributed by atoms with E-state index in [0.29, 0.717) is 0 Å². The minimum absolute atomic E-state index is 0.0584. The van der Waals surface area contributed by atoms with Crippen LogP contribution in [0, 0.1) is 24.0 Å². The van der Waals surface area contributed by atoms with E-state index in [0.717, 1.165) is 29.0 Å². The van der Waals surface area contributed by atoms with Gasteiger partial charge in [0.15, 0.2) is 0 Å². The van der Waals surface area contributed by atoms with Gasteiger partial charge in [0, 0.05) is 5.56 Å². The molecule has 0 saturated carbocycles. The number of methoxy groups -OCH3 is 1. The van der Waals surface area contributed by atoms with Gasteiger partial charge in [0.05, 0.1) is 30.7 Å². The minimum Gasteiger partial charge on any atom is -0.502 e. The number of nitrogens with zero attached hydrogens (tertiary/aromatic N) is 2. The monoisotopic (exact) mass is 357 g/mol. The Morgan fingerprint density at radius 3 is 2.73 bits per heavy atom. The molecular formula is C18H19N3O5. The molecule has 2 aromatic carbocycles. The van der Waals surface area contributed by atoms with Gasteiger partial charge in [-0.2, -0.15) is 5.10 Å². The SMILES string of the molecule is COc1cc(/C=N/NC(=O)Cc2cc(C)ccc2C)c(O)c([N+](=O)[O-])c1. The Morgan fingerprint density at radius 2 is 2.08 bits per heavy atom. The Balaban J connectivity index is 2.12. The lowest BCUT2D eigenvalue weighted by atomic mass is 10.0. The van der Waals surface area contributed by atoms with Crippen LogP contribution in [0.2, 0.25) is 0 Å². The molecule has 26 heavy (non-hydrogen) atoms. The largest absolute Gasteiger partial charge is 0.502 e. The molecular weight excluding hydrogens is 338 g/mol. The van der Waals surface area contributed by atoms with Crippen LogP contribution in [0.4, 0.5) is 5.69 Å². The molecule has 1 amide bonds. The molecule has 0 aliphatic carbocycles. The highest BCUT2D eigenvalue weighted by atomic mass is 16.6. The third-order valence-corrected chi connectivity index (χ3v) is 3.77. The molecule has 2 N–H and O–H groups in total. The van der Waals surface area contributed by atoms with Crippen LogP contribution in [0.3, 0.4) is 0 Å². The maximum Gasteiger partial charge on any atom is 0.315 e. The molecule has 2 aromatic rings. The van der Waals surface area contributed by atoms with Crippen LogP contribution in [-0.4, -0.2) is 29.3 Å². The third kappa shape index (κ3) is 4.56.